The Morgan fingerprint density at radius 3 is 2.71 bits per heavy atom. The average molecular weight is 300 g/mol. The number of halogens is 1. The number of carboxylic acid groups (broad SMARTS) is 1. The average Bonchev–Trinajstić information content (AvgIpc) is 2.40. The van der Waals surface area contributed by atoms with Crippen LogP contribution in [0.4, 0.5) is 10.1 Å². The van der Waals surface area contributed by atoms with E-state index in [0.717, 1.165) is 18.2 Å². The number of nitrogens with one attached hydrogen (secondary N) is 1. The lowest BCUT2D eigenvalue weighted by molar-refractivity contribution is -0.385. The molecule has 7 nitrogen and oxygen atoms in total. The highest BCUT2D eigenvalue weighted by Crippen LogP contribution is 2.23. The fourth-order valence-electron chi connectivity index (χ4n) is 1.75. The molecular weight excluding hydrogens is 283 g/mol. The third-order valence-corrected chi connectivity index (χ3v) is 3.02. The molecule has 1 unspecified atom stereocenters. The van der Waals surface area contributed by atoms with Crippen molar-refractivity contribution in [3.8, 4) is 5.75 Å². The number of hydrogen-bond acceptors (Lipinski definition) is 5. The van der Waals surface area contributed by atoms with E-state index in [1.807, 2.05) is 0 Å². The molecule has 0 saturated heterocycles. The first-order valence-electron chi connectivity index (χ1n) is 6.35. The summed E-state index contributed by atoms with van der Waals surface area (Å²) < 4.78 is 18.7. The fourth-order valence-corrected chi connectivity index (χ4v) is 1.75. The lowest BCUT2D eigenvalue weighted by Gasteiger charge is -2.25. The van der Waals surface area contributed by atoms with Crippen LogP contribution in [0.1, 0.15) is 20.3 Å². The second-order valence-corrected chi connectivity index (χ2v) is 4.64. The van der Waals surface area contributed by atoms with Gasteiger partial charge in [0.2, 0.25) is 0 Å². The Bertz CT molecular complexity index is 537. The van der Waals surface area contributed by atoms with E-state index in [1.54, 1.807) is 6.92 Å². The number of benzene rings is 1. The molecule has 0 aliphatic rings. The highest BCUT2D eigenvalue weighted by atomic mass is 19.1. The van der Waals surface area contributed by atoms with Gasteiger partial charge in [-0.3, -0.25) is 14.9 Å². The minimum Gasteiger partial charge on any atom is -0.490 e. The van der Waals surface area contributed by atoms with Gasteiger partial charge in [0.25, 0.3) is 5.69 Å². The SMILES string of the molecule is CCNC(C)(CCOc1ccc([N+](=O)[O-])cc1F)C(=O)O. The predicted molar refractivity (Wildman–Crippen MR) is 72.9 cm³/mol. The monoisotopic (exact) mass is 300 g/mol. The van der Waals surface area contributed by atoms with Crippen molar-refractivity contribution in [2.75, 3.05) is 13.2 Å². The van der Waals surface area contributed by atoms with Crippen molar-refractivity contribution in [2.45, 2.75) is 25.8 Å². The zero-order chi connectivity index (χ0) is 16.0. The van der Waals surface area contributed by atoms with E-state index in [9.17, 15) is 19.3 Å². The van der Waals surface area contributed by atoms with Gasteiger partial charge in [-0.2, -0.15) is 0 Å². The van der Waals surface area contributed by atoms with Crippen LogP contribution >= 0.6 is 0 Å². The van der Waals surface area contributed by atoms with Gasteiger partial charge in [-0.25, -0.2) is 4.39 Å². The molecule has 0 fully saturated rings. The Balaban J connectivity index is 2.67. The topological polar surface area (TPSA) is 102 Å². The number of nitrogens with zero attached hydrogens (tertiary/aromatic N) is 1. The van der Waals surface area contributed by atoms with Crippen LogP contribution in [0.2, 0.25) is 0 Å². The van der Waals surface area contributed by atoms with Crippen molar-refractivity contribution in [2.24, 2.45) is 0 Å². The molecule has 2 N–H and O–H groups in total. The number of ether oxygens (including phenoxy) is 1. The largest absolute Gasteiger partial charge is 0.490 e. The molecule has 0 saturated carbocycles. The van der Waals surface area contributed by atoms with Crippen molar-refractivity contribution in [1.82, 2.24) is 5.32 Å². The summed E-state index contributed by atoms with van der Waals surface area (Å²) in [6.07, 6.45) is 0.118. The number of nitro groups is 1. The van der Waals surface area contributed by atoms with E-state index in [0.29, 0.717) is 6.54 Å². The molecule has 0 aromatic heterocycles. The van der Waals surface area contributed by atoms with E-state index in [2.05, 4.69) is 5.32 Å². The van der Waals surface area contributed by atoms with Gasteiger partial charge >= 0.3 is 5.97 Å². The predicted octanol–water partition coefficient (Wildman–Crippen LogP) is 1.96. The molecular formula is C13H17FN2O5. The Morgan fingerprint density at radius 2 is 2.24 bits per heavy atom. The summed E-state index contributed by atoms with van der Waals surface area (Å²) in [4.78, 5) is 20.9. The minimum absolute atomic E-state index is 0.0372. The molecule has 0 radical (unpaired) electrons. The van der Waals surface area contributed by atoms with Gasteiger partial charge in [0.1, 0.15) is 5.54 Å². The van der Waals surface area contributed by atoms with Crippen molar-refractivity contribution in [3.63, 3.8) is 0 Å². The zero-order valence-electron chi connectivity index (χ0n) is 11.8. The summed E-state index contributed by atoms with van der Waals surface area (Å²) in [5.41, 5.74) is -1.55. The third kappa shape index (κ3) is 4.38. The molecule has 1 atom stereocenters. The molecule has 0 aliphatic heterocycles. The second kappa shape index (κ2) is 6.98. The van der Waals surface area contributed by atoms with E-state index < -0.39 is 22.2 Å². The molecule has 8 heteroatoms. The normalized spacial score (nSPS) is 13.5. The molecule has 0 amide bonds. The first-order chi connectivity index (χ1) is 9.80. The Labute approximate surface area is 120 Å². The minimum atomic E-state index is -1.17. The van der Waals surface area contributed by atoms with Gasteiger partial charge in [-0.1, -0.05) is 6.92 Å². The molecule has 116 valence electrons. The molecule has 0 aliphatic carbocycles. The van der Waals surface area contributed by atoms with Crippen LogP contribution in [0.3, 0.4) is 0 Å². The maximum Gasteiger partial charge on any atom is 0.323 e. The van der Waals surface area contributed by atoms with Gasteiger partial charge < -0.3 is 15.2 Å². The highest BCUT2D eigenvalue weighted by Gasteiger charge is 2.31. The Hall–Kier alpha value is -2.22. The fraction of sp³-hybridized carbons (Fsp3) is 0.462. The van der Waals surface area contributed by atoms with Crippen LogP contribution in [0, 0.1) is 15.9 Å². The number of carboxylic acids is 1. The lowest BCUT2D eigenvalue weighted by atomic mass is 9.98. The van der Waals surface area contributed by atoms with Crippen molar-refractivity contribution >= 4 is 11.7 Å². The second-order valence-electron chi connectivity index (χ2n) is 4.64. The molecule has 1 aromatic rings. The van der Waals surface area contributed by atoms with Gasteiger partial charge in [-0.15, -0.1) is 0 Å². The zero-order valence-corrected chi connectivity index (χ0v) is 11.8. The molecule has 21 heavy (non-hydrogen) atoms. The van der Waals surface area contributed by atoms with Gasteiger partial charge in [-0.05, 0) is 19.5 Å². The summed E-state index contributed by atoms with van der Waals surface area (Å²) >= 11 is 0. The number of nitro benzene ring substituents is 1. The number of aliphatic carboxylic acids is 1. The van der Waals surface area contributed by atoms with Gasteiger partial charge in [0.05, 0.1) is 17.6 Å². The van der Waals surface area contributed by atoms with Crippen LogP contribution < -0.4 is 10.1 Å². The maximum atomic E-state index is 13.6. The van der Waals surface area contributed by atoms with E-state index in [-0.39, 0.29) is 24.5 Å². The molecule has 0 heterocycles. The molecule has 1 rings (SSSR count). The quantitative estimate of drug-likeness (QED) is 0.562. The van der Waals surface area contributed by atoms with Crippen molar-refractivity contribution < 1.29 is 24.0 Å². The molecule has 0 spiro atoms. The number of likely N-dealkylation sites (N-methyl/N-ethyl adjacent to an activating group) is 1. The van der Waals surface area contributed by atoms with Crippen molar-refractivity contribution in [3.05, 3.63) is 34.1 Å². The number of hydrogen-bond donors (Lipinski definition) is 2. The van der Waals surface area contributed by atoms with Crippen LogP contribution in [-0.4, -0.2) is 34.7 Å². The van der Waals surface area contributed by atoms with Gasteiger partial charge in [0, 0.05) is 12.5 Å². The summed E-state index contributed by atoms with van der Waals surface area (Å²) in [5.74, 6) is -2.04. The Morgan fingerprint density at radius 1 is 1.57 bits per heavy atom. The summed E-state index contributed by atoms with van der Waals surface area (Å²) in [6.45, 7) is 3.71. The van der Waals surface area contributed by atoms with Crippen molar-refractivity contribution in [1.29, 1.82) is 0 Å². The number of non-ortho nitro benzene ring substituents is 1. The summed E-state index contributed by atoms with van der Waals surface area (Å²) in [5, 5.41) is 22.4. The third-order valence-electron chi connectivity index (χ3n) is 3.02. The maximum absolute atomic E-state index is 13.6. The Kier molecular flexibility index (Phi) is 5.60. The molecule has 1 aromatic carbocycles. The summed E-state index contributed by atoms with van der Waals surface area (Å²) in [6, 6.07) is 3.04. The highest BCUT2D eigenvalue weighted by molar-refractivity contribution is 5.78. The van der Waals surface area contributed by atoms with E-state index in [1.165, 1.54) is 6.92 Å². The first kappa shape index (κ1) is 16.8. The van der Waals surface area contributed by atoms with Crippen LogP contribution in [0.25, 0.3) is 0 Å². The van der Waals surface area contributed by atoms with E-state index >= 15 is 0 Å². The van der Waals surface area contributed by atoms with E-state index in [4.69, 9.17) is 9.84 Å². The number of rotatable bonds is 8. The number of carbonyl (C=O) groups is 1. The molecule has 0 bridgehead atoms. The lowest BCUT2D eigenvalue weighted by Crippen LogP contribution is -2.50. The van der Waals surface area contributed by atoms with Gasteiger partial charge in [0.15, 0.2) is 11.6 Å². The van der Waals surface area contributed by atoms with Crippen LogP contribution in [-0.2, 0) is 4.79 Å². The summed E-state index contributed by atoms with van der Waals surface area (Å²) in [7, 11) is 0. The van der Waals surface area contributed by atoms with Crippen LogP contribution in [0.15, 0.2) is 18.2 Å². The standard InChI is InChI=1S/C13H17FN2O5/c1-3-15-13(2,12(17)18)6-7-21-11-5-4-9(16(19)20)8-10(11)14/h4-5,8,15H,3,6-7H2,1-2H3,(H,17,18). The smallest absolute Gasteiger partial charge is 0.323 e. The van der Waals surface area contributed by atoms with Crippen LogP contribution in [0.5, 0.6) is 5.75 Å². The first-order valence-corrected chi connectivity index (χ1v) is 6.35.